The van der Waals surface area contributed by atoms with Gasteiger partial charge in [0.05, 0.1) is 12.7 Å². The highest BCUT2D eigenvalue weighted by atomic mass is 32.2. The van der Waals surface area contributed by atoms with Gasteiger partial charge in [0.2, 0.25) is 10.0 Å². The Morgan fingerprint density at radius 3 is 2.66 bits per heavy atom. The SMILES string of the molecule is COc1ccc(C(=O)OCc2ccccc2F)cc1S(=O)(=O)N1CCCC[C@H]1C. The number of nitrogens with zero attached hydrogens (tertiary/aromatic N) is 1. The van der Waals surface area contributed by atoms with Crippen molar-refractivity contribution in [3.05, 3.63) is 59.4 Å². The Hall–Kier alpha value is -2.45. The molecule has 0 radical (unpaired) electrons. The van der Waals surface area contributed by atoms with Crippen LogP contribution in [0.5, 0.6) is 5.75 Å². The van der Waals surface area contributed by atoms with Gasteiger partial charge in [0, 0.05) is 18.2 Å². The molecule has 0 aliphatic carbocycles. The number of piperidine rings is 1. The predicted molar refractivity (Wildman–Crippen MR) is 106 cm³/mol. The van der Waals surface area contributed by atoms with Crippen LogP contribution in [-0.2, 0) is 21.4 Å². The fourth-order valence-electron chi connectivity index (χ4n) is 3.40. The minimum absolute atomic E-state index is 0.0605. The molecule has 8 heteroatoms. The second-order valence-electron chi connectivity index (χ2n) is 6.99. The average Bonchev–Trinajstić information content (AvgIpc) is 2.72. The topological polar surface area (TPSA) is 72.9 Å². The number of rotatable bonds is 6. The number of carbonyl (C=O) groups excluding carboxylic acids is 1. The van der Waals surface area contributed by atoms with Crippen molar-refractivity contribution in [1.29, 1.82) is 0 Å². The van der Waals surface area contributed by atoms with E-state index in [0.29, 0.717) is 6.54 Å². The zero-order chi connectivity index (χ0) is 21.0. The fraction of sp³-hybridized carbons (Fsp3) is 0.381. The van der Waals surface area contributed by atoms with Gasteiger partial charge < -0.3 is 9.47 Å². The van der Waals surface area contributed by atoms with Gasteiger partial charge in [0.15, 0.2) is 0 Å². The lowest BCUT2D eigenvalue weighted by Gasteiger charge is -2.32. The predicted octanol–water partition coefficient (Wildman–Crippen LogP) is 3.75. The molecule has 0 aromatic heterocycles. The van der Waals surface area contributed by atoms with Gasteiger partial charge in [-0.2, -0.15) is 4.31 Å². The van der Waals surface area contributed by atoms with Crippen LogP contribution in [0.4, 0.5) is 4.39 Å². The molecule has 156 valence electrons. The summed E-state index contributed by atoms with van der Waals surface area (Å²) in [5.41, 5.74) is 0.301. The summed E-state index contributed by atoms with van der Waals surface area (Å²) in [6, 6.07) is 9.98. The molecule has 2 aromatic rings. The number of esters is 1. The van der Waals surface area contributed by atoms with Crippen LogP contribution in [0.15, 0.2) is 47.4 Å². The highest BCUT2D eigenvalue weighted by Gasteiger charge is 2.33. The lowest BCUT2D eigenvalue weighted by atomic mass is 10.1. The maximum absolute atomic E-state index is 13.7. The number of carbonyl (C=O) groups is 1. The third-order valence-electron chi connectivity index (χ3n) is 5.04. The summed E-state index contributed by atoms with van der Waals surface area (Å²) in [6.07, 6.45) is 2.55. The molecule has 3 rings (SSSR count). The molecule has 1 aliphatic heterocycles. The molecule has 0 amide bonds. The molecule has 0 saturated carbocycles. The zero-order valence-corrected chi connectivity index (χ0v) is 17.2. The maximum atomic E-state index is 13.7. The number of halogens is 1. The van der Waals surface area contributed by atoms with Gasteiger partial charge in [-0.25, -0.2) is 17.6 Å². The molecule has 1 atom stereocenters. The summed E-state index contributed by atoms with van der Waals surface area (Å²) >= 11 is 0. The summed E-state index contributed by atoms with van der Waals surface area (Å²) in [4.78, 5) is 12.4. The van der Waals surface area contributed by atoms with Crippen molar-refractivity contribution >= 4 is 16.0 Å². The van der Waals surface area contributed by atoms with Gasteiger partial charge >= 0.3 is 5.97 Å². The van der Waals surface area contributed by atoms with Crippen LogP contribution in [0.1, 0.15) is 42.1 Å². The molecular formula is C21H24FNO5S. The van der Waals surface area contributed by atoms with Gasteiger partial charge in [-0.3, -0.25) is 0 Å². The first-order valence-electron chi connectivity index (χ1n) is 9.45. The van der Waals surface area contributed by atoms with Crippen LogP contribution in [0.25, 0.3) is 0 Å². The number of hydrogen-bond acceptors (Lipinski definition) is 5. The Morgan fingerprint density at radius 2 is 1.97 bits per heavy atom. The van der Waals surface area contributed by atoms with Crippen LogP contribution in [-0.4, -0.2) is 38.4 Å². The number of methoxy groups -OCH3 is 1. The Balaban J connectivity index is 1.86. The van der Waals surface area contributed by atoms with E-state index < -0.39 is 21.8 Å². The van der Waals surface area contributed by atoms with E-state index >= 15 is 0 Å². The maximum Gasteiger partial charge on any atom is 0.338 e. The first-order chi connectivity index (χ1) is 13.8. The van der Waals surface area contributed by atoms with E-state index in [1.807, 2.05) is 6.92 Å². The Kier molecular flexibility index (Phi) is 6.54. The van der Waals surface area contributed by atoms with E-state index in [2.05, 4.69) is 0 Å². The van der Waals surface area contributed by atoms with Crippen LogP contribution in [0.2, 0.25) is 0 Å². The molecule has 0 spiro atoms. The summed E-state index contributed by atoms with van der Waals surface area (Å²) in [7, 11) is -2.46. The molecular weight excluding hydrogens is 397 g/mol. The lowest BCUT2D eigenvalue weighted by molar-refractivity contribution is 0.0468. The number of sulfonamides is 1. The van der Waals surface area contributed by atoms with E-state index in [1.54, 1.807) is 12.1 Å². The molecule has 1 heterocycles. The summed E-state index contributed by atoms with van der Waals surface area (Å²) < 4.78 is 52.0. The molecule has 2 aromatic carbocycles. The summed E-state index contributed by atoms with van der Waals surface area (Å²) in [6.45, 7) is 2.05. The Labute approximate surface area is 170 Å². The van der Waals surface area contributed by atoms with Gasteiger partial charge in [-0.1, -0.05) is 24.6 Å². The van der Waals surface area contributed by atoms with Gasteiger partial charge in [0.25, 0.3) is 0 Å². The normalized spacial score (nSPS) is 17.7. The molecule has 1 fully saturated rings. The van der Waals surface area contributed by atoms with Crippen LogP contribution >= 0.6 is 0 Å². The van der Waals surface area contributed by atoms with Crippen molar-refractivity contribution in [1.82, 2.24) is 4.31 Å². The Bertz CT molecular complexity index is 992. The quantitative estimate of drug-likeness (QED) is 0.664. The second kappa shape index (κ2) is 8.92. The van der Waals surface area contributed by atoms with Crippen molar-refractivity contribution in [2.45, 2.75) is 43.7 Å². The van der Waals surface area contributed by atoms with Crippen LogP contribution in [0.3, 0.4) is 0 Å². The lowest BCUT2D eigenvalue weighted by Crippen LogP contribution is -2.42. The first-order valence-corrected chi connectivity index (χ1v) is 10.9. The monoisotopic (exact) mass is 421 g/mol. The summed E-state index contributed by atoms with van der Waals surface area (Å²) in [5, 5.41) is 0. The highest BCUT2D eigenvalue weighted by Crippen LogP contribution is 2.32. The standard InChI is InChI=1S/C21H24FNO5S/c1-15-7-5-6-12-23(15)29(25,26)20-13-16(10-11-19(20)27-2)21(24)28-14-17-8-3-4-9-18(17)22/h3-4,8-11,13,15H,5-7,12,14H2,1-2H3/t15-/m1/s1. The number of ether oxygens (including phenoxy) is 2. The second-order valence-corrected chi connectivity index (χ2v) is 8.85. The smallest absolute Gasteiger partial charge is 0.338 e. The van der Waals surface area contributed by atoms with Crippen molar-refractivity contribution in [2.75, 3.05) is 13.7 Å². The van der Waals surface area contributed by atoms with Crippen molar-refractivity contribution in [2.24, 2.45) is 0 Å². The summed E-state index contributed by atoms with van der Waals surface area (Å²) in [5.74, 6) is -1.05. The molecule has 0 bridgehead atoms. The fourth-order valence-corrected chi connectivity index (χ4v) is 5.29. The first kappa shape index (κ1) is 21.3. The van der Waals surface area contributed by atoms with Crippen molar-refractivity contribution in [3.8, 4) is 5.75 Å². The zero-order valence-electron chi connectivity index (χ0n) is 16.4. The molecule has 6 nitrogen and oxygen atoms in total. The van der Waals surface area contributed by atoms with Crippen LogP contribution < -0.4 is 4.74 Å². The van der Waals surface area contributed by atoms with E-state index in [4.69, 9.17) is 9.47 Å². The molecule has 1 saturated heterocycles. The van der Waals surface area contributed by atoms with E-state index in [0.717, 1.165) is 19.3 Å². The highest BCUT2D eigenvalue weighted by molar-refractivity contribution is 7.89. The van der Waals surface area contributed by atoms with Gasteiger partial charge in [-0.05, 0) is 44.0 Å². The third-order valence-corrected chi connectivity index (χ3v) is 7.08. The van der Waals surface area contributed by atoms with Crippen molar-refractivity contribution in [3.63, 3.8) is 0 Å². The van der Waals surface area contributed by atoms with E-state index in [1.165, 1.54) is 41.7 Å². The minimum atomic E-state index is -3.84. The van der Waals surface area contributed by atoms with Crippen molar-refractivity contribution < 1.29 is 27.1 Å². The van der Waals surface area contributed by atoms with Gasteiger partial charge in [-0.15, -0.1) is 0 Å². The molecule has 1 aliphatic rings. The third kappa shape index (κ3) is 4.59. The van der Waals surface area contributed by atoms with Crippen LogP contribution in [0, 0.1) is 5.82 Å². The number of hydrogen-bond donors (Lipinski definition) is 0. The van der Waals surface area contributed by atoms with E-state index in [9.17, 15) is 17.6 Å². The Morgan fingerprint density at radius 1 is 1.21 bits per heavy atom. The molecule has 0 unspecified atom stereocenters. The number of benzene rings is 2. The van der Waals surface area contributed by atoms with Gasteiger partial charge in [0.1, 0.15) is 23.1 Å². The average molecular weight is 421 g/mol. The minimum Gasteiger partial charge on any atom is -0.495 e. The van der Waals surface area contributed by atoms with E-state index in [-0.39, 0.29) is 34.4 Å². The molecule has 0 N–H and O–H groups in total. The molecule has 29 heavy (non-hydrogen) atoms. The largest absolute Gasteiger partial charge is 0.495 e.